The molecule has 3 atom stereocenters. The molecule has 0 aliphatic rings. The minimum absolute atomic E-state index is 0.0149. The second-order valence-electron chi connectivity index (χ2n) is 7.83. The van der Waals surface area contributed by atoms with Crippen LogP contribution in [0, 0.1) is 0 Å². The molecule has 0 saturated carbocycles. The highest BCUT2D eigenvalue weighted by Crippen LogP contribution is 2.24. The van der Waals surface area contributed by atoms with Crippen LogP contribution in [0.2, 0.25) is 0 Å². The van der Waals surface area contributed by atoms with Crippen molar-refractivity contribution in [1.29, 1.82) is 0 Å². The third-order valence-electron chi connectivity index (χ3n) is 4.82. The number of rotatable bonds is 15. The number of aliphatic hydroxyl groups is 1. The van der Waals surface area contributed by atoms with Crippen LogP contribution in [0.15, 0.2) is 91.0 Å². The molecule has 0 radical (unpaired) electrons. The lowest BCUT2D eigenvalue weighted by Crippen LogP contribution is -2.21. The molecule has 3 unspecified atom stereocenters. The van der Waals surface area contributed by atoms with Crippen molar-refractivity contribution < 1.29 is 24.1 Å². The van der Waals surface area contributed by atoms with Crippen molar-refractivity contribution in [2.24, 2.45) is 4.99 Å². The van der Waals surface area contributed by atoms with E-state index < -0.39 is 6.10 Å². The first kappa shape index (κ1) is 36.9. The Morgan fingerprint density at radius 1 is 1.13 bits per heavy atom. The minimum Gasteiger partial charge on any atom is -0.469 e. The molecule has 0 aliphatic heterocycles. The second kappa shape index (κ2) is 25.4. The maximum atomic E-state index is 10.5. The van der Waals surface area contributed by atoms with Gasteiger partial charge in [0.2, 0.25) is 0 Å². The Labute approximate surface area is 230 Å². The number of methoxy groups -OCH3 is 2. The second-order valence-corrected chi connectivity index (χ2v) is 7.83. The number of carbonyl (C=O) groups excluding carboxylic acids is 1. The number of hydrogen-bond donors (Lipinski definition) is 2. The summed E-state index contributed by atoms with van der Waals surface area (Å²) in [5, 5.41) is 13.8. The van der Waals surface area contributed by atoms with Gasteiger partial charge < -0.3 is 24.6 Å². The van der Waals surface area contributed by atoms with Gasteiger partial charge in [0.25, 0.3) is 0 Å². The number of carbonyl (C=O) groups is 1. The van der Waals surface area contributed by atoms with Gasteiger partial charge in [-0.2, -0.15) is 0 Å². The van der Waals surface area contributed by atoms with E-state index in [1.807, 2.05) is 56.3 Å². The number of esters is 1. The van der Waals surface area contributed by atoms with Gasteiger partial charge in [0, 0.05) is 26.3 Å². The zero-order chi connectivity index (χ0) is 29.2. The van der Waals surface area contributed by atoms with Crippen molar-refractivity contribution >= 4 is 23.6 Å². The van der Waals surface area contributed by atoms with E-state index in [0.717, 1.165) is 23.4 Å². The highest BCUT2D eigenvalue weighted by atomic mass is 16.5. The van der Waals surface area contributed by atoms with Gasteiger partial charge in [0.15, 0.2) is 0 Å². The number of nitrogens with one attached hydrogen (secondary N) is 1. The largest absolute Gasteiger partial charge is 0.469 e. The number of aliphatic imine (C=N–C) groups is 1. The Balaban J connectivity index is 0. The number of hydrogen-bond acceptors (Lipinski definition) is 7. The average molecular weight is 529 g/mol. The van der Waals surface area contributed by atoms with E-state index in [1.54, 1.807) is 38.5 Å². The van der Waals surface area contributed by atoms with Crippen molar-refractivity contribution in [3.8, 4) is 0 Å². The molecule has 0 aromatic heterocycles. The van der Waals surface area contributed by atoms with Crippen molar-refractivity contribution in [3.05, 3.63) is 86.0 Å². The smallest absolute Gasteiger partial charge is 0.305 e. The molecule has 1 aromatic rings. The van der Waals surface area contributed by atoms with Crippen LogP contribution in [0.1, 0.15) is 40.5 Å². The molecular weight excluding hydrogens is 480 g/mol. The fraction of sp³-hybridized carbons (Fsp3) is 0.419. The summed E-state index contributed by atoms with van der Waals surface area (Å²) in [7, 11) is 3.02. The molecule has 7 nitrogen and oxygen atoms in total. The first-order valence-electron chi connectivity index (χ1n) is 12.7. The van der Waals surface area contributed by atoms with Gasteiger partial charge >= 0.3 is 5.97 Å². The fourth-order valence-electron chi connectivity index (χ4n) is 2.34. The summed E-state index contributed by atoms with van der Waals surface area (Å²) < 4.78 is 15.0. The number of nitrogens with zero attached hydrogens (tertiary/aromatic N) is 1. The van der Waals surface area contributed by atoms with Gasteiger partial charge in [0.1, 0.15) is 0 Å². The first-order valence-corrected chi connectivity index (χ1v) is 12.7. The molecule has 0 heterocycles. The number of anilines is 1. The van der Waals surface area contributed by atoms with Gasteiger partial charge in [0.05, 0.1) is 43.4 Å². The number of benzene rings is 1. The van der Waals surface area contributed by atoms with Crippen LogP contribution in [-0.4, -0.2) is 63.0 Å². The lowest BCUT2D eigenvalue weighted by atomic mass is 10.1. The molecule has 0 amide bonds. The van der Waals surface area contributed by atoms with Gasteiger partial charge in [-0.3, -0.25) is 9.79 Å². The molecule has 212 valence electrons. The zero-order valence-electron chi connectivity index (χ0n) is 24.1. The van der Waals surface area contributed by atoms with Crippen LogP contribution in [0.3, 0.4) is 0 Å². The molecule has 2 N–H and O–H groups in total. The number of para-hydroxylation sites is 2. The Bertz CT molecular complexity index is 871. The molecule has 7 heteroatoms. The van der Waals surface area contributed by atoms with Gasteiger partial charge in [-0.1, -0.05) is 69.0 Å². The van der Waals surface area contributed by atoms with E-state index in [1.165, 1.54) is 7.11 Å². The lowest BCUT2D eigenvalue weighted by Gasteiger charge is -2.15. The first-order chi connectivity index (χ1) is 18.2. The average Bonchev–Trinajstić information content (AvgIpc) is 2.96. The van der Waals surface area contributed by atoms with Crippen molar-refractivity contribution in [3.63, 3.8) is 0 Å². The topological polar surface area (TPSA) is 89.4 Å². The van der Waals surface area contributed by atoms with Gasteiger partial charge in [-0.05, 0) is 38.0 Å². The molecule has 0 aliphatic carbocycles. The molecule has 0 fully saturated rings. The quantitative estimate of drug-likeness (QED) is 0.115. The molecule has 0 spiro atoms. The summed E-state index contributed by atoms with van der Waals surface area (Å²) in [6.07, 6.45) is 13.3. The molecule has 1 rings (SSSR count). The van der Waals surface area contributed by atoms with Crippen molar-refractivity contribution in [2.75, 3.05) is 32.7 Å². The zero-order valence-corrected chi connectivity index (χ0v) is 24.1. The van der Waals surface area contributed by atoms with Crippen LogP contribution in [-0.2, 0) is 19.0 Å². The van der Waals surface area contributed by atoms with E-state index in [9.17, 15) is 9.90 Å². The summed E-state index contributed by atoms with van der Waals surface area (Å²) >= 11 is 0. The Morgan fingerprint density at radius 2 is 1.79 bits per heavy atom. The van der Waals surface area contributed by atoms with Crippen LogP contribution in [0.25, 0.3) is 0 Å². The van der Waals surface area contributed by atoms with Gasteiger partial charge in [-0.25, -0.2) is 0 Å². The van der Waals surface area contributed by atoms with Crippen molar-refractivity contribution in [1.82, 2.24) is 0 Å². The molecule has 38 heavy (non-hydrogen) atoms. The number of allylic oxidation sites excluding steroid dienone is 3. The van der Waals surface area contributed by atoms with Crippen LogP contribution in [0.5, 0.6) is 0 Å². The Kier molecular flexibility index (Phi) is 24.7. The monoisotopic (exact) mass is 528 g/mol. The van der Waals surface area contributed by atoms with Crippen LogP contribution >= 0.6 is 0 Å². The lowest BCUT2D eigenvalue weighted by molar-refractivity contribution is -0.140. The minimum atomic E-state index is -0.702. The standard InChI is InChI=1S/C23H32N2O3.C4H8O2.C4H8/c1-6-10-20(14-13-19(4)27-5)23(26)17-25-22-12-9-8-11-21(22)24-15-16-28-18(3)7-2;1-3-4(5)6-2;1-3-4-2/h6-15,18-19,23,25-26H,1-2,16-17H2,3-5H3;3H2,1-2H3;3H,1,4H2,2H3/b14-13-,20-10+,24-15?;;. The Hall–Kier alpha value is -3.26. The van der Waals surface area contributed by atoms with E-state index in [0.29, 0.717) is 19.6 Å². The van der Waals surface area contributed by atoms with E-state index >= 15 is 0 Å². The van der Waals surface area contributed by atoms with Crippen LogP contribution < -0.4 is 5.32 Å². The maximum absolute atomic E-state index is 10.5. The van der Waals surface area contributed by atoms with E-state index in [4.69, 9.17) is 9.47 Å². The van der Waals surface area contributed by atoms with Crippen LogP contribution in [0.4, 0.5) is 11.4 Å². The maximum Gasteiger partial charge on any atom is 0.305 e. The summed E-state index contributed by atoms with van der Waals surface area (Å²) in [6, 6.07) is 7.67. The third-order valence-corrected chi connectivity index (χ3v) is 4.82. The summed E-state index contributed by atoms with van der Waals surface area (Å²) in [6.45, 7) is 19.3. The molecule has 0 bridgehead atoms. The predicted octanol–water partition coefficient (Wildman–Crippen LogP) is 6.61. The summed E-state index contributed by atoms with van der Waals surface area (Å²) in [4.78, 5) is 14.4. The van der Waals surface area contributed by atoms with E-state index in [-0.39, 0.29) is 18.2 Å². The third kappa shape index (κ3) is 19.9. The molecule has 1 aromatic carbocycles. The number of aliphatic hydroxyl groups excluding tert-OH is 1. The summed E-state index contributed by atoms with van der Waals surface area (Å²) in [5.41, 5.74) is 2.36. The molecular formula is C31H48N2O5. The fourth-order valence-corrected chi connectivity index (χ4v) is 2.34. The Morgan fingerprint density at radius 3 is 2.29 bits per heavy atom. The SMILES string of the molecule is C=C/C=C(\C=C/C(C)OC)C(O)CNc1ccccc1N=CCOC(C)C=C.C=CCC.CCC(=O)OC. The molecule has 0 saturated heterocycles. The highest BCUT2D eigenvalue weighted by molar-refractivity contribution is 5.73. The highest BCUT2D eigenvalue weighted by Gasteiger charge is 2.09. The summed E-state index contributed by atoms with van der Waals surface area (Å²) in [5.74, 6) is -0.157. The van der Waals surface area contributed by atoms with Gasteiger partial charge in [-0.15, -0.1) is 13.2 Å². The van der Waals surface area contributed by atoms with E-state index in [2.05, 4.69) is 41.7 Å². The van der Waals surface area contributed by atoms with Crippen molar-refractivity contribution in [2.45, 2.75) is 58.8 Å². The number of ether oxygens (including phenoxy) is 3. The normalized spacial score (nSPS) is 13.3. The predicted molar refractivity (Wildman–Crippen MR) is 161 cm³/mol.